The molecular formula is C21H22N4O. The summed E-state index contributed by atoms with van der Waals surface area (Å²) < 4.78 is 0. The molecule has 3 aromatic rings. The van der Waals surface area contributed by atoms with Crippen molar-refractivity contribution in [2.24, 2.45) is 0 Å². The molecule has 26 heavy (non-hydrogen) atoms. The number of nitrogens with one attached hydrogen (secondary N) is 2. The first-order valence-corrected chi connectivity index (χ1v) is 8.99. The van der Waals surface area contributed by atoms with E-state index in [-0.39, 0.29) is 11.9 Å². The number of amides is 1. The molecule has 0 aliphatic heterocycles. The normalized spacial score (nSPS) is 17.4. The molecule has 1 fully saturated rings. The van der Waals surface area contributed by atoms with Gasteiger partial charge in [0.05, 0.1) is 11.1 Å². The molecule has 2 N–H and O–H groups in total. The summed E-state index contributed by atoms with van der Waals surface area (Å²) in [4.78, 5) is 24.9. The fourth-order valence-electron chi connectivity index (χ4n) is 3.49. The molecule has 1 aliphatic rings. The summed E-state index contributed by atoms with van der Waals surface area (Å²) >= 11 is 0. The van der Waals surface area contributed by atoms with Gasteiger partial charge in [0.25, 0.3) is 5.91 Å². The lowest BCUT2D eigenvalue weighted by Gasteiger charge is -2.24. The minimum atomic E-state index is -0.0868. The van der Waals surface area contributed by atoms with Gasteiger partial charge in [0.2, 0.25) is 0 Å². The Morgan fingerprint density at radius 2 is 2.08 bits per heavy atom. The van der Waals surface area contributed by atoms with Gasteiger partial charge in [-0.05, 0) is 38.7 Å². The summed E-state index contributed by atoms with van der Waals surface area (Å²) in [5.41, 5.74) is 5.19. The van der Waals surface area contributed by atoms with Crippen molar-refractivity contribution in [3.63, 3.8) is 0 Å². The van der Waals surface area contributed by atoms with Crippen LogP contribution in [0.4, 0.5) is 0 Å². The molecule has 1 aliphatic carbocycles. The van der Waals surface area contributed by atoms with Gasteiger partial charge in [-0.1, -0.05) is 42.0 Å². The maximum Gasteiger partial charge on any atom is 0.253 e. The Bertz CT molecular complexity index is 971. The van der Waals surface area contributed by atoms with E-state index in [1.54, 1.807) is 12.3 Å². The van der Waals surface area contributed by atoms with Crippen LogP contribution in [-0.4, -0.2) is 26.9 Å². The van der Waals surface area contributed by atoms with Crippen LogP contribution in [0.15, 0.2) is 48.7 Å². The van der Waals surface area contributed by atoms with Gasteiger partial charge in [0.15, 0.2) is 5.65 Å². The van der Waals surface area contributed by atoms with Crippen LogP contribution in [0.5, 0.6) is 0 Å². The van der Waals surface area contributed by atoms with Gasteiger partial charge in [-0.3, -0.25) is 4.79 Å². The first kappa shape index (κ1) is 16.5. The predicted octanol–water partition coefficient (Wildman–Crippen LogP) is 4.16. The predicted molar refractivity (Wildman–Crippen MR) is 103 cm³/mol. The number of imidazole rings is 1. The number of fused-ring (bicyclic) bond motifs is 1. The van der Waals surface area contributed by atoms with Gasteiger partial charge in [-0.25, -0.2) is 9.97 Å². The molecule has 1 aromatic carbocycles. The molecule has 1 saturated carbocycles. The molecule has 1 unspecified atom stereocenters. The zero-order chi connectivity index (χ0) is 18.1. The number of rotatable bonds is 3. The maximum atomic E-state index is 12.8. The van der Waals surface area contributed by atoms with Gasteiger partial charge < -0.3 is 10.3 Å². The van der Waals surface area contributed by atoms with E-state index >= 15 is 0 Å². The summed E-state index contributed by atoms with van der Waals surface area (Å²) in [7, 11) is 0. The standard InChI is InChI=1S/C21H22N4O/c1-13-6-8-15(9-7-13)19-24-18-17(10-11-22-20(18)25-19)21(26)23-16-5-3-4-14(2)12-16/h6-11,16H,2-5,12H2,1H3,(H,23,26)(H,22,24,25). The molecule has 132 valence electrons. The van der Waals surface area contributed by atoms with Crippen LogP contribution in [0, 0.1) is 6.92 Å². The number of pyridine rings is 1. The summed E-state index contributed by atoms with van der Waals surface area (Å²) in [6.07, 6.45) is 5.63. The van der Waals surface area contributed by atoms with Crippen molar-refractivity contribution in [2.75, 3.05) is 0 Å². The lowest BCUT2D eigenvalue weighted by Crippen LogP contribution is -2.36. The largest absolute Gasteiger partial charge is 0.349 e. The summed E-state index contributed by atoms with van der Waals surface area (Å²) in [5.74, 6) is 0.634. The minimum Gasteiger partial charge on any atom is -0.349 e. The monoisotopic (exact) mass is 346 g/mol. The smallest absolute Gasteiger partial charge is 0.253 e. The minimum absolute atomic E-state index is 0.0868. The average Bonchev–Trinajstić information content (AvgIpc) is 3.06. The number of aryl methyl sites for hydroxylation is 1. The zero-order valence-corrected chi connectivity index (χ0v) is 14.9. The third kappa shape index (κ3) is 3.25. The summed E-state index contributed by atoms with van der Waals surface area (Å²) in [6, 6.07) is 10.0. The van der Waals surface area contributed by atoms with Crippen LogP contribution in [-0.2, 0) is 0 Å². The number of hydrogen-bond acceptors (Lipinski definition) is 3. The molecule has 4 rings (SSSR count). The Morgan fingerprint density at radius 1 is 1.27 bits per heavy atom. The Kier molecular flexibility index (Phi) is 4.29. The molecular weight excluding hydrogens is 324 g/mol. The van der Waals surface area contributed by atoms with E-state index in [4.69, 9.17) is 0 Å². The van der Waals surface area contributed by atoms with Crippen LogP contribution in [0.2, 0.25) is 0 Å². The fourth-order valence-corrected chi connectivity index (χ4v) is 3.49. The second-order valence-electron chi connectivity index (χ2n) is 7.03. The van der Waals surface area contributed by atoms with E-state index < -0.39 is 0 Å². The van der Waals surface area contributed by atoms with Crippen LogP contribution in [0.1, 0.15) is 41.6 Å². The van der Waals surface area contributed by atoms with E-state index in [1.807, 2.05) is 31.2 Å². The first-order valence-electron chi connectivity index (χ1n) is 8.99. The number of hydrogen-bond donors (Lipinski definition) is 2. The summed E-state index contributed by atoms with van der Waals surface area (Å²) in [5, 5.41) is 3.14. The highest BCUT2D eigenvalue weighted by molar-refractivity contribution is 6.04. The van der Waals surface area contributed by atoms with Crippen LogP contribution in [0.25, 0.3) is 22.6 Å². The lowest BCUT2D eigenvalue weighted by atomic mass is 9.91. The SMILES string of the molecule is C=C1CCCC(NC(=O)c2ccnc3nc(-c4ccc(C)cc4)[nH]c23)C1. The second kappa shape index (κ2) is 6.75. The van der Waals surface area contributed by atoms with Gasteiger partial charge in [-0.15, -0.1) is 0 Å². The Hall–Kier alpha value is -2.95. The highest BCUT2D eigenvalue weighted by Crippen LogP contribution is 2.24. The molecule has 0 bridgehead atoms. The van der Waals surface area contributed by atoms with Crippen LogP contribution < -0.4 is 5.32 Å². The van der Waals surface area contributed by atoms with Crippen LogP contribution in [0.3, 0.4) is 0 Å². The number of H-pyrrole nitrogens is 1. The van der Waals surface area contributed by atoms with Gasteiger partial charge in [-0.2, -0.15) is 0 Å². The van der Waals surface area contributed by atoms with Crippen molar-refractivity contribution in [1.29, 1.82) is 0 Å². The van der Waals surface area contributed by atoms with Crippen molar-refractivity contribution in [3.05, 3.63) is 59.8 Å². The Morgan fingerprint density at radius 3 is 2.85 bits per heavy atom. The Balaban J connectivity index is 1.64. The van der Waals surface area contributed by atoms with Crippen molar-refractivity contribution in [1.82, 2.24) is 20.3 Å². The molecule has 5 heteroatoms. The van der Waals surface area contributed by atoms with Gasteiger partial charge in [0.1, 0.15) is 5.82 Å². The molecule has 2 aromatic heterocycles. The maximum absolute atomic E-state index is 12.8. The zero-order valence-electron chi connectivity index (χ0n) is 14.9. The van der Waals surface area contributed by atoms with Gasteiger partial charge >= 0.3 is 0 Å². The van der Waals surface area contributed by atoms with Crippen molar-refractivity contribution >= 4 is 17.1 Å². The number of carbonyl (C=O) groups is 1. The van der Waals surface area contributed by atoms with Crippen molar-refractivity contribution < 1.29 is 4.79 Å². The van der Waals surface area contributed by atoms with Gasteiger partial charge in [0, 0.05) is 17.8 Å². The third-order valence-corrected chi connectivity index (χ3v) is 4.91. The van der Waals surface area contributed by atoms with E-state index in [0.29, 0.717) is 16.7 Å². The number of benzene rings is 1. The fraction of sp³-hybridized carbons (Fsp3) is 0.286. The number of nitrogens with zero attached hydrogens (tertiary/aromatic N) is 2. The summed E-state index contributed by atoms with van der Waals surface area (Å²) in [6.45, 7) is 6.11. The second-order valence-corrected chi connectivity index (χ2v) is 7.03. The molecule has 2 heterocycles. The van der Waals surface area contributed by atoms with Crippen LogP contribution >= 0.6 is 0 Å². The highest BCUT2D eigenvalue weighted by atomic mass is 16.1. The lowest BCUT2D eigenvalue weighted by molar-refractivity contribution is 0.0933. The number of aromatic amines is 1. The third-order valence-electron chi connectivity index (χ3n) is 4.91. The first-order chi connectivity index (χ1) is 12.6. The van der Waals surface area contributed by atoms with E-state index in [9.17, 15) is 4.79 Å². The molecule has 1 amide bonds. The average molecular weight is 346 g/mol. The molecule has 0 radical (unpaired) electrons. The number of carbonyl (C=O) groups excluding carboxylic acids is 1. The Labute approximate surface area is 152 Å². The molecule has 0 saturated heterocycles. The van der Waals surface area contributed by atoms with Crippen molar-refractivity contribution in [2.45, 2.75) is 38.6 Å². The molecule has 1 atom stereocenters. The molecule has 5 nitrogen and oxygen atoms in total. The highest BCUT2D eigenvalue weighted by Gasteiger charge is 2.21. The quantitative estimate of drug-likeness (QED) is 0.700. The van der Waals surface area contributed by atoms with E-state index in [1.165, 1.54) is 11.1 Å². The number of aromatic nitrogens is 3. The van der Waals surface area contributed by atoms with Crippen molar-refractivity contribution in [3.8, 4) is 11.4 Å². The topological polar surface area (TPSA) is 70.7 Å². The van der Waals surface area contributed by atoms with E-state index in [0.717, 1.165) is 37.1 Å². The molecule has 0 spiro atoms. The van der Waals surface area contributed by atoms with E-state index in [2.05, 4.69) is 26.8 Å².